The Balaban J connectivity index is 2.96. The average Bonchev–Trinajstić information content (AvgIpc) is 2.34. The van der Waals surface area contributed by atoms with Crippen molar-refractivity contribution in [1.29, 1.82) is 0 Å². The topological polar surface area (TPSA) is 26.0 Å². The molecule has 0 aliphatic carbocycles. The van der Waals surface area contributed by atoms with E-state index in [0.717, 1.165) is 15.6 Å². The number of benzene rings is 1. The molecule has 0 saturated heterocycles. The number of fused-ring (bicyclic) bond motifs is 1. The lowest BCUT2D eigenvalue weighted by atomic mass is 10.2. The van der Waals surface area contributed by atoms with Crippen LogP contribution in [-0.4, -0.2) is 5.16 Å². The summed E-state index contributed by atoms with van der Waals surface area (Å²) in [5.41, 5.74) is 2.01. The van der Waals surface area contributed by atoms with Gasteiger partial charge >= 0.3 is 0 Å². The quantitative estimate of drug-likeness (QED) is 0.670. The highest BCUT2D eigenvalue weighted by molar-refractivity contribution is 9.10. The van der Waals surface area contributed by atoms with Crippen LogP contribution >= 0.6 is 15.9 Å². The number of nitrogens with zero attached hydrogens (tertiary/aromatic N) is 1. The van der Waals surface area contributed by atoms with Crippen molar-refractivity contribution in [3.8, 4) is 0 Å². The molecule has 0 aliphatic heterocycles. The van der Waals surface area contributed by atoms with Crippen LogP contribution in [0.25, 0.3) is 11.0 Å². The summed E-state index contributed by atoms with van der Waals surface area (Å²) >= 11 is 3.31. The third kappa shape index (κ3) is 0.959. The number of hydrogen-bond donors (Lipinski definition) is 0. The zero-order valence-corrected chi connectivity index (χ0v) is 7.55. The zero-order valence-electron chi connectivity index (χ0n) is 5.97. The molecule has 0 N–H and O–H groups in total. The smallest absolute Gasteiger partial charge is 0.168 e. The van der Waals surface area contributed by atoms with Crippen LogP contribution < -0.4 is 0 Å². The van der Waals surface area contributed by atoms with Crippen molar-refractivity contribution in [2.24, 2.45) is 0 Å². The molecule has 0 aliphatic rings. The molecule has 56 valence electrons. The van der Waals surface area contributed by atoms with Gasteiger partial charge in [-0.3, -0.25) is 0 Å². The van der Waals surface area contributed by atoms with Gasteiger partial charge in [0.2, 0.25) is 0 Å². The number of rotatable bonds is 0. The van der Waals surface area contributed by atoms with Gasteiger partial charge in [0.05, 0.1) is 5.39 Å². The van der Waals surface area contributed by atoms with E-state index in [9.17, 15) is 0 Å². The molecule has 1 aromatic carbocycles. The zero-order chi connectivity index (χ0) is 7.84. The molecule has 0 fully saturated rings. The minimum atomic E-state index is 0.783. The predicted octanol–water partition coefficient (Wildman–Crippen LogP) is 2.90. The Morgan fingerprint density at radius 1 is 1.45 bits per heavy atom. The molecular formula is C8H6BrNO. The number of hydrogen-bond acceptors (Lipinski definition) is 2. The van der Waals surface area contributed by atoms with Gasteiger partial charge in [-0.15, -0.1) is 0 Å². The van der Waals surface area contributed by atoms with Gasteiger partial charge in [0.1, 0.15) is 0 Å². The van der Waals surface area contributed by atoms with E-state index in [1.165, 1.54) is 5.56 Å². The fourth-order valence-electron chi connectivity index (χ4n) is 1.12. The minimum Gasteiger partial charge on any atom is -0.355 e. The molecule has 0 amide bonds. The average molecular weight is 212 g/mol. The van der Waals surface area contributed by atoms with Crippen LogP contribution in [0.3, 0.4) is 0 Å². The van der Waals surface area contributed by atoms with Gasteiger partial charge in [0, 0.05) is 0 Å². The lowest BCUT2D eigenvalue weighted by Crippen LogP contribution is -1.72. The maximum atomic E-state index is 5.03. The SMILES string of the molecule is Cc1cccc2onc(Br)c12. The second kappa shape index (κ2) is 2.34. The summed E-state index contributed by atoms with van der Waals surface area (Å²) in [7, 11) is 0. The van der Waals surface area contributed by atoms with Gasteiger partial charge in [0.25, 0.3) is 0 Å². The first-order valence-corrected chi connectivity index (χ1v) is 4.09. The fraction of sp³-hybridized carbons (Fsp3) is 0.125. The molecule has 0 saturated carbocycles. The van der Waals surface area contributed by atoms with Crippen molar-refractivity contribution in [3.05, 3.63) is 28.4 Å². The molecule has 0 spiro atoms. The monoisotopic (exact) mass is 211 g/mol. The van der Waals surface area contributed by atoms with Gasteiger partial charge in [-0.05, 0) is 34.5 Å². The molecule has 2 nitrogen and oxygen atoms in total. The molecule has 1 aromatic heterocycles. The fourth-order valence-corrected chi connectivity index (χ4v) is 1.70. The summed E-state index contributed by atoms with van der Waals surface area (Å²) in [5, 5.41) is 4.86. The molecular weight excluding hydrogens is 206 g/mol. The van der Waals surface area contributed by atoms with Crippen molar-refractivity contribution in [2.45, 2.75) is 6.92 Å². The Morgan fingerprint density at radius 2 is 2.27 bits per heavy atom. The van der Waals surface area contributed by atoms with E-state index in [-0.39, 0.29) is 0 Å². The van der Waals surface area contributed by atoms with Crippen LogP contribution in [-0.2, 0) is 0 Å². The molecule has 3 heteroatoms. The summed E-state index contributed by atoms with van der Waals surface area (Å²) in [6.45, 7) is 2.03. The Morgan fingerprint density at radius 3 is 3.00 bits per heavy atom. The summed E-state index contributed by atoms with van der Waals surface area (Å²) in [4.78, 5) is 0. The van der Waals surface area contributed by atoms with Gasteiger partial charge in [-0.1, -0.05) is 17.3 Å². The Kier molecular flexibility index (Phi) is 1.46. The van der Waals surface area contributed by atoms with Crippen molar-refractivity contribution in [1.82, 2.24) is 5.16 Å². The Labute approximate surface area is 72.3 Å². The number of aromatic nitrogens is 1. The largest absolute Gasteiger partial charge is 0.355 e. The van der Waals surface area contributed by atoms with Gasteiger partial charge in [-0.2, -0.15) is 0 Å². The molecule has 0 unspecified atom stereocenters. The molecule has 11 heavy (non-hydrogen) atoms. The van der Waals surface area contributed by atoms with Crippen molar-refractivity contribution < 1.29 is 4.52 Å². The molecule has 0 bridgehead atoms. The first-order chi connectivity index (χ1) is 5.29. The molecule has 0 radical (unpaired) electrons. The highest BCUT2D eigenvalue weighted by Crippen LogP contribution is 2.25. The van der Waals surface area contributed by atoms with E-state index < -0.39 is 0 Å². The third-order valence-electron chi connectivity index (χ3n) is 1.66. The van der Waals surface area contributed by atoms with Gasteiger partial charge < -0.3 is 4.52 Å². The third-order valence-corrected chi connectivity index (χ3v) is 2.21. The van der Waals surface area contributed by atoms with E-state index >= 15 is 0 Å². The lowest BCUT2D eigenvalue weighted by molar-refractivity contribution is 0.451. The summed E-state index contributed by atoms with van der Waals surface area (Å²) in [5.74, 6) is 0. The van der Waals surface area contributed by atoms with E-state index in [1.807, 2.05) is 25.1 Å². The molecule has 2 aromatic rings. The second-order valence-corrected chi connectivity index (χ2v) is 3.17. The number of aryl methyl sites for hydroxylation is 1. The van der Waals surface area contributed by atoms with E-state index in [2.05, 4.69) is 21.1 Å². The van der Waals surface area contributed by atoms with E-state index in [0.29, 0.717) is 0 Å². The van der Waals surface area contributed by atoms with Crippen LogP contribution in [0.1, 0.15) is 5.56 Å². The highest BCUT2D eigenvalue weighted by atomic mass is 79.9. The van der Waals surface area contributed by atoms with Crippen molar-refractivity contribution in [2.75, 3.05) is 0 Å². The summed E-state index contributed by atoms with van der Waals surface area (Å²) < 4.78 is 5.82. The molecule has 1 heterocycles. The molecule has 0 atom stereocenters. The van der Waals surface area contributed by atoms with Crippen molar-refractivity contribution in [3.63, 3.8) is 0 Å². The minimum absolute atomic E-state index is 0.783. The Bertz CT molecular complexity index is 394. The first kappa shape index (κ1) is 6.85. The Hall–Kier alpha value is -0.830. The summed E-state index contributed by atoms with van der Waals surface area (Å²) in [6.07, 6.45) is 0. The first-order valence-electron chi connectivity index (χ1n) is 3.29. The van der Waals surface area contributed by atoms with Gasteiger partial charge in [0.15, 0.2) is 10.2 Å². The van der Waals surface area contributed by atoms with E-state index in [1.54, 1.807) is 0 Å². The number of halogens is 1. The van der Waals surface area contributed by atoms with Crippen LogP contribution in [0.2, 0.25) is 0 Å². The van der Waals surface area contributed by atoms with Crippen molar-refractivity contribution >= 4 is 26.9 Å². The summed E-state index contributed by atoms with van der Waals surface area (Å²) in [6, 6.07) is 5.89. The molecule has 2 rings (SSSR count). The normalized spacial score (nSPS) is 10.7. The van der Waals surface area contributed by atoms with Crippen LogP contribution in [0.4, 0.5) is 0 Å². The van der Waals surface area contributed by atoms with Crippen LogP contribution in [0.15, 0.2) is 27.3 Å². The standard InChI is InChI=1S/C8H6BrNO/c1-5-3-2-4-6-7(5)8(9)10-11-6/h2-4H,1H3. The van der Waals surface area contributed by atoms with Crippen LogP contribution in [0.5, 0.6) is 0 Å². The second-order valence-electron chi connectivity index (χ2n) is 2.42. The maximum Gasteiger partial charge on any atom is 0.168 e. The van der Waals surface area contributed by atoms with E-state index in [4.69, 9.17) is 4.52 Å². The predicted molar refractivity (Wildman–Crippen MR) is 46.4 cm³/mol. The lowest BCUT2D eigenvalue weighted by Gasteiger charge is -1.90. The van der Waals surface area contributed by atoms with Crippen LogP contribution in [0, 0.1) is 6.92 Å². The highest BCUT2D eigenvalue weighted by Gasteiger charge is 2.05. The van der Waals surface area contributed by atoms with Gasteiger partial charge in [-0.25, -0.2) is 0 Å². The maximum absolute atomic E-state index is 5.03.